The van der Waals surface area contributed by atoms with Crippen molar-refractivity contribution in [2.24, 2.45) is 0 Å². The molecule has 3 rings (SSSR count). The zero-order valence-electron chi connectivity index (χ0n) is 13.1. The number of nitrogens with two attached hydrogens (primary N) is 1. The first-order valence-corrected chi connectivity index (χ1v) is 7.71. The number of rotatable bonds is 2. The van der Waals surface area contributed by atoms with Crippen LogP contribution in [0.5, 0.6) is 0 Å². The Morgan fingerprint density at radius 1 is 1.08 bits per heavy atom. The maximum absolute atomic E-state index is 13.9. The average molecular weight is 356 g/mol. The minimum Gasteiger partial charge on any atom is -0.383 e. The number of hydrogen-bond acceptors (Lipinski definition) is 3. The predicted octanol–water partition coefficient (Wildman–Crippen LogP) is 5.11. The van der Waals surface area contributed by atoms with E-state index in [4.69, 9.17) is 17.3 Å². The third-order valence-electron chi connectivity index (χ3n) is 3.91. The minimum atomic E-state index is -0.596. The van der Waals surface area contributed by atoms with E-state index in [9.17, 15) is 14.0 Å². The van der Waals surface area contributed by atoms with Gasteiger partial charge in [-0.15, -0.1) is 0 Å². The Hall–Kier alpha value is -2.97. The number of anilines is 1. The van der Waals surface area contributed by atoms with Crippen LogP contribution in [0.2, 0.25) is 5.02 Å². The van der Waals surface area contributed by atoms with Crippen LogP contribution in [0.15, 0.2) is 42.5 Å². The molecule has 3 aromatic rings. The summed E-state index contributed by atoms with van der Waals surface area (Å²) >= 11 is 5.74. The number of halogens is 3. The Labute approximate surface area is 148 Å². The topological polar surface area (TPSA) is 62.7 Å². The van der Waals surface area contributed by atoms with Crippen LogP contribution >= 0.6 is 11.6 Å². The van der Waals surface area contributed by atoms with Crippen LogP contribution in [0, 0.1) is 29.9 Å². The molecular formula is C19H12ClF2N3. The van der Waals surface area contributed by atoms with Crippen LogP contribution in [-0.2, 0) is 0 Å². The van der Waals surface area contributed by atoms with Crippen LogP contribution in [0.4, 0.5) is 14.6 Å². The molecule has 2 aromatic carbocycles. The summed E-state index contributed by atoms with van der Waals surface area (Å²) in [5.41, 5.74) is 8.83. The van der Waals surface area contributed by atoms with Crippen molar-refractivity contribution in [2.75, 3.05) is 5.73 Å². The maximum Gasteiger partial charge on any atom is 0.142 e. The molecular weight excluding hydrogens is 344 g/mol. The highest BCUT2D eigenvalue weighted by molar-refractivity contribution is 6.30. The monoisotopic (exact) mass is 355 g/mol. The summed E-state index contributed by atoms with van der Waals surface area (Å²) < 4.78 is 27.1. The largest absolute Gasteiger partial charge is 0.383 e. The lowest BCUT2D eigenvalue weighted by Gasteiger charge is -2.15. The number of pyridine rings is 1. The van der Waals surface area contributed by atoms with E-state index < -0.39 is 5.82 Å². The van der Waals surface area contributed by atoms with Crippen LogP contribution in [0.3, 0.4) is 0 Å². The Morgan fingerprint density at radius 3 is 2.32 bits per heavy atom. The second-order valence-electron chi connectivity index (χ2n) is 5.47. The lowest BCUT2D eigenvalue weighted by atomic mass is 9.93. The lowest BCUT2D eigenvalue weighted by molar-refractivity contribution is 0.628. The molecule has 6 heteroatoms. The first-order chi connectivity index (χ1) is 11.9. The maximum atomic E-state index is 13.9. The van der Waals surface area contributed by atoms with E-state index in [1.807, 2.05) is 6.07 Å². The second-order valence-corrected chi connectivity index (χ2v) is 5.88. The van der Waals surface area contributed by atoms with E-state index in [0.717, 1.165) is 0 Å². The standard InChI is InChI=1S/C19H12ClF2N3/c1-10-17(12-4-7-15(20)16(22)8-12)14(9-23)19(24)25-18(10)11-2-5-13(21)6-3-11/h2-8H,1H3,(H2,24,25). The highest BCUT2D eigenvalue weighted by Gasteiger charge is 2.19. The molecule has 0 aliphatic carbocycles. The first-order valence-electron chi connectivity index (χ1n) is 7.34. The van der Waals surface area contributed by atoms with Crippen molar-refractivity contribution in [3.05, 3.63) is 70.2 Å². The Bertz CT molecular complexity index is 1010. The van der Waals surface area contributed by atoms with Gasteiger partial charge < -0.3 is 5.73 Å². The van der Waals surface area contributed by atoms with Crippen molar-refractivity contribution in [3.63, 3.8) is 0 Å². The molecule has 0 saturated heterocycles. The van der Waals surface area contributed by atoms with Gasteiger partial charge in [0.05, 0.1) is 10.7 Å². The van der Waals surface area contributed by atoms with Crippen LogP contribution in [0.25, 0.3) is 22.4 Å². The van der Waals surface area contributed by atoms with Gasteiger partial charge in [-0.2, -0.15) is 5.26 Å². The molecule has 0 saturated carbocycles. The van der Waals surface area contributed by atoms with Gasteiger partial charge in [-0.25, -0.2) is 13.8 Å². The number of nitriles is 1. The zero-order valence-corrected chi connectivity index (χ0v) is 13.9. The Morgan fingerprint density at radius 2 is 1.72 bits per heavy atom. The van der Waals surface area contributed by atoms with E-state index in [0.29, 0.717) is 27.9 Å². The number of benzene rings is 2. The third-order valence-corrected chi connectivity index (χ3v) is 4.21. The van der Waals surface area contributed by atoms with Gasteiger partial charge in [0.1, 0.15) is 29.1 Å². The molecule has 0 aliphatic heterocycles. The molecule has 0 radical (unpaired) electrons. The number of nitrogens with zero attached hydrogens (tertiary/aromatic N) is 2. The van der Waals surface area contributed by atoms with Gasteiger partial charge in [-0.3, -0.25) is 0 Å². The minimum absolute atomic E-state index is 0.0132. The Balaban J connectivity index is 2.31. The molecule has 25 heavy (non-hydrogen) atoms. The fraction of sp³-hybridized carbons (Fsp3) is 0.0526. The summed E-state index contributed by atoms with van der Waals surface area (Å²) in [6.07, 6.45) is 0. The number of hydrogen-bond donors (Lipinski definition) is 1. The van der Waals surface area contributed by atoms with Gasteiger partial charge in [0, 0.05) is 11.1 Å². The normalized spacial score (nSPS) is 10.5. The van der Waals surface area contributed by atoms with Gasteiger partial charge in [0.15, 0.2) is 0 Å². The second kappa shape index (κ2) is 6.50. The summed E-state index contributed by atoms with van der Waals surface area (Å²) in [6, 6.07) is 12.1. The molecule has 0 amide bonds. The van der Waals surface area contributed by atoms with Gasteiger partial charge >= 0.3 is 0 Å². The van der Waals surface area contributed by atoms with Crippen molar-refractivity contribution < 1.29 is 8.78 Å². The van der Waals surface area contributed by atoms with E-state index in [-0.39, 0.29) is 22.2 Å². The highest BCUT2D eigenvalue weighted by atomic mass is 35.5. The van der Waals surface area contributed by atoms with Crippen molar-refractivity contribution in [3.8, 4) is 28.5 Å². The smallest absolute Gasteiger partial charge is 0.142 e. The molecule has 3 nitrogen and oxygen atoms in total. The number of aromatic nitrogens is 1. The molecule has 0 aliphatic rings. The summed E-state index contributed by atoms with van der Waals surface area (Å²) in [4.78, 5) is 4.28. The lowest BCUT2D eigenvalue weighted by Crippen LogP contribution is -2.03. The van der Waals surface area contributed by atoms with E-state index in [1.54, 1.807) is 25.1 Å². The number of nitrogen functional groups attached to an aromatic ring is 1. The van der Waals surface area contributed by atoms with Gasteiger partial charge in [-0.1, -0.05) is 17.7 Å². The molecule has 1 heterocycles. The summed E-state index contributed by atoms with van der Waals surface area (Å²) in [5.74, 6) is -0.943. The van der Waals surface area contributed by atoms with Gasteiger partial charge in [-0.05, 0) is 54.4 Å². The summed E-state index contributed by atoms with van der Waals surface area (Å²) in [7, 11) is 0. The third kappa shape index (κ3) is 3.04. The SMILES string of the molecule is Cc1c(-c2ccc(F)cc2)nc(N)c(C#N)c1-c1ccc(Cl)c(F)c1. The fourth-order valence-corrected chi connectivity index (χ4v) is 2.83. The summed E-state index contributed by atoms with van der Waals surface area (Å²) in [5, 5.41) is 9.45. The van der Waals surface area contributed by atoms with E-state index >= 15 is 0 Å². The van der Waals surface area contributed by atoms with Crippen LogP contribution in [0.1, 0.15) is 11.1 Å². The quantitative estimate of drug-likeness (QED) is 0.694. The van der Waals surface area contributed by atoms with E-state index in [1.165, 1.54) is 24.3 Å². The average Bonchev–Trinajstić information content (AvgIpc) is 2.59. The zero-order chi connectivity index (χ0) is 18.1. The Kier molecular flexibility index (Phi) is 4.39. The molecule has 2 N–H and O–H groups in total. The molecule has 1 aromatic heterocycles. The first kappa shape index (κ1) is 16.9. The molecule has 0 fully saturated rings. The van der Waals surface area contributed by atoms with Crippen molar-refractivity contribution in [1.29, 1.82) is 5.26 Å². The van der Waals surface area contributed by atoms with Crippen molar-refractivity contribution in [2.45, 2.75) is 6.92 Å². The van der Waals surface area contributed by atoms with E-state index in [2.05, 4.69) is 4.98 Å². The molecule has 0 atom stereocenters. The molecule has 124 valence electrons. The molecule has 0 spiro atoms. The molecule has 0 unspecified atom stereocenters. The van der Waals surface area contributed by atoms with Crippen LogP contribution in [-0.4, -0.2) is 4.98 Å². The predicted molar refractivity (Wildman–Crippen MR) is 93.9 cm³/mol. The van der Waals surface area contributed by atoms with Crippen molar-refractivity contribution in [1.82, 2.24) is 4.98 Å². The fourth-order valence-electron chi connectivity index (χ4n) is 2.71. The molecule has 0 bridgehead atoms. The van der Waals surface area contributed by atoms with Gasteiger partial charge in [0.2, 0.25) is 0 Å². The van der Waals surface area contributed by atoms with Crippen LogP contribution < -0.4 is 5.73 Å². The highest BCUT2D eigenvalue weighted by Crippen LogP contribution is 2.36. The van der Waals surface area contributed by atoms with Crippen molar-refractivity contribution >= 4 is 17.4 Å². The summed E-state index contributed by atoms with van der Waals surface area (Å²) in [6.45, 7) is 1.76. The van der Waals surface area contributed by atoms with Gasteiger partial charge in [0.25, 0.3) is 0 Å².